The van der Waals surface area contributed by atoms with Gasteiger partial charge in [0.15, 0.2) is 0 Å². The zero-order valence-electron chi connectivity index (χ0n) is 15.3. The van der Waals surface area contributed by atoms with Crippen molar-refractivity contribution in [2.24, 2.45) is 11.3 Å². The van der Waals surface area contributed by atoms with Crippen molar-refractivity contribution in [1.82, 2.24) is 4.31 Å². The first-order valence-electron chi connectivity index (χ1n) is 9.05. The summed E-state index contributed by atoms with van der Waals surface area (Å²) in [5.41, 5.74) is 2.80. The van der Waals surface area contributed by atoms with E-state index in [1.165, 1.54) is 17.0 Å². The van der Waals surface area contributed by atoms with E-state index in [0.29, 0.717) is 13.1 Å². The Balaban J connectivity index is 1.85. The van der Waals surface area contributed by atoms with Gasteiger partial charge in [-0.1, -0.05) is 37.0 Å². The lowest BCUT2D eigenvalue weighted by Gasteiger charge is -2.37. The summed E-state index contributed by atoms with van der Waals surface area (Å²) >= 11 is 0. The third-order valence-electron chi connectivity index (χ3n) is 5.89. The van der Waals surface area contributed by atoms with Crippen LogP contribution in [0, 0.1) is 25.2 Å². The van der Waals surface area contributed by atoms with Crippen molar-refractivity contribution in [2.45, 2.75) is 46.0 Å². The summed E-state index contributed by atoms with van der Waals surface area (Å²) in [6, 6.07) is 5.96. The molecule has 1 aliphatic carbocycles. The third-order valence-corrected chi connectivity index (χ3v) is 7.11. The molecule has 1 spiro atoms. The van der Waals surface area contributed by atoms with Gasteiger partial charge in [-0.15, -0.1) is 0 Å². The largest absolute Gasteiger partial charge is 0.326 e. The zero-order chi connectivity index (χ0) is 18.2. The van der Waals surface area contributed by atoms with Gasteiger partial charge in [-0.3, -0.25) is 4.79 Å². The number of carbonyl (C=O) groups excluding carboxylic acids is 1. The van der Waals surface area contributed by atoms with Crippen LogP contribution >= 0.6 is 0 Å². The first-order chi connectivity index (χ1) is 11.7. The van der Waals surface area contributed by atoms with Crippen molar-refractivity contribution in [1.29, 1.82) is 0 Å². The molecule has 1 amide bonds. The molecule has 1 aliphatic heterocycles. The van der Waals surface area contributed by atoms with Gasteiger partial charge in [0.05, 0.1) is 12.2 Å². The first-order valence-corrected chi connectivity index (χ1v) is 10.9. The molecule has 1 saturated carbocycles. The molecule has 1 heterocycles. The number of nitrogens with zero attached hydrogens (tertiary/aromatic N) is 1. The molecule has 1 aromatic rings. The second kappa shape index (κ2) is 6.72. The van der Waals surface area contributed by atoms with Crippen LogP contribution in [0.15, 0.2) is 18.2 Å². The van der Waals surface area contributed by atoms with Crippen molar-refractivity contribution >= 4 is 21.6 Å². The van der Waals surface area contributed by atoms with E-state index in [4.69, 9.17) is 0 Å². The highest BCUT2D eigenvalue weighted by atomic mass is 32.2. The Kier molecular flexibility index (Phi) is 4.95. The zero-order valence-corrected chi connectivity index (χ0v) is 16.2. The number of hydrogen-bond donors (Lipinski definition) is 1. The van der Waals surface area contributed by atoms with E-state index in [1.807, 2.05) is 32.0 Å². The molecule has 3 rings (SSSR count). The van der Waals surface area contributed by atoms with E-state index in [2.05, 4.69) is 5.32 Å². The van der Waals surface area contributed by atoms with E-state index < -0.39 is 10.0 Å². The van der Waals surface area contributed by atoms with Crippen LogP contribution in [0.4, 0.5) is 5.69 Å². The van der Waals surface area contributed by atoms with E-state index in [9.17, 15) is 13.2 Å². The normalized spacial score (nSPS) is 23.7. The summed E-state index contributed by atoms with van der Waals surface area (Å²) in [7, 11) is -3.28. The fourth-order valence-corrected chi connectivity index (χ4v) is 5.38. The standard InChI is InChI=1S/C19H28N2O3S/c1-14-7-8-17(15(2)11-14)20-18(22)16-12-21(25(3,23)24)13-19(16)9-5-4-6-10-19/h7-8,11,16H,4-6,9-10,12-13H2,1-3H3,(H,20,22). The first kappa shape index (κ1) is 18.4. The van der Waals surface area contributed by atoms with Crippen molar-refractivity contribution < 1.29 is 13.2 Å². The number of aryl methyl sites for hydroxylation is 2. The van der Waals surface area contributed by atoms with Gasteiger partial charge in [0.2, 0.25) is 15.9 Å². The maximum atomic E-state index is 13.1. The second-order valence-electron chi connectivity index (χ2n) is 7.84. The average molecular weight is 365 g/mol. The van der Waals surface area contributed by atoms with Crippen LogP contribution in [0.2, 0.25) is 0 Å². The summed E-state index contributed by atoms with van der Waals surface area (Å²) in [5, 5.41) is 3.06. The minimum absolute atomic E-state index is 0.0417. The van der Waals surface area contributed by atoms with E-state index >= 15 is 0 Å². The van der Waals surface area contributed by atoms with Crippen molar-refractivity contribution in [2.75, 3.05) is 24.7 Å². The van der Waals surface area contributed by atoms with Gasteiger partial charge >= 0.3 is 0 Å². The number of amides is 1. The minimum atomic E-state index is -3.28. The summed E-state index contributed by atoms with van der Waals surface area (Å²) in [4.78, 5) is 13.1. The molecule has 1 N–H and O–H groups in total. The molecular weight excluding hydrogens is 336 g/mol. The lowest BCUT2D eigenvalue weighted by molar-refractivity contribution is -0.123. The Bertz CT molecular complexity index is 767. The van der Waals surface area contributed by atoms with Gasteiger partial charge < -0.3 is 5.32 Å². The van der Waals surface area contributed by atoms with Crippen LogP contribution in [-0.4, -0.2) is 38.0 Å². The van der Waals surface area contributed by atoms with Gasteiger partial charge in [0.25, 0.3) is 0 Å². The van der Waals surface area contributed by atoms with Crippen molar-refractivity contribution in [3.05, 3.63) is 29.3 Å². The summed E-state index contributed by atoms with van der Waals surface area (Å²) in [6.07, 6.45) is 6.43. The molecule has 1 atom stereocenters. The number of benzene rings is 1. The average Bonchev–Trinajstić information content (AvgIpc) is 2.90. The lowest BCUT2D eigenvalue weighted by Crippen LogP contribution is -2.39. The maximum absolute atomic E-state index is 13.1. The fraction of sp³-hybridized carbons (Fsp3) is 0.632. The molecular formula is C19H28N2O3S. The topological polar surface area (TPSA) is 66.5 Å². The summed E-state index contributed by atoms with van der Waals surface area (Å²) < 4.78 is 25.6. The number of rotatable bonds is 3. The molecule has 25 heavy (non-hydrogen) atoms. The van der Waals surface area contributed by atoms with Gasteiger partial charge in [0.1, 0.15) is 0 Å². The molecule has 6 heteroatoms. The Labute approximate surface area is 150 Å². The van der Waals surface area contributed by atoms with Crippen LogP contribution in [0.3, 0.4) is 0 Å². The predicted octanol–water partition coefficient (Wildman–Crippen LogP) is 3.08. The van der Waals surface area contributed by atoms with Crippen LogP contribution in [-0.2, 0) is 14.8 Å². The molecule has 0 aromatic heterocycles. The third kappa shape index (κ3) is 3.75. The van der Waals surface area contributed by atoms with E-state index in [1.54, 1.807) is 0 Å². The Morgan fingerprint density at radius 3 is 2.48 bits per heavy atom. The van der Waals surface area contributed by atoms with Crippen LogP contribution in [0.25, 0.3) is 0 Å². The van der Waals surface area contributed by atoms with Gasteiger partial charge in [0, 0.05) is 18.8 Å². The van der Waals surface area contributed by atoms with Gasteiger partial charge in [-0.05, 0) is 43.7 Å². The number of sulfonamides is 1. The SMILES string of the molecule is Cc1ccc(NC(=O)C2CN(S(C)(=O)=O)CC23CCCCC3)c(C)c1. The predicted molar refractivity (Wildman–Crippen MR) is 100.0 cm³/mol. The Morgan fingerprint density at radius 2 is 1.88 bits per heavy atom. The van der Waals surface area contributed by atoms with E-state index in [-0.39, 0.29) is 17.2 Å². The lowest BCUT2D eigenvalue weighted by atomic mass is 9.67. The minimum Gasteiger partial charge on any atom is -0.326 e. The molecule has 0 radical (unpaired) electrons. The molecule has 2 fully saturated rings. The number of carbonyl (C=O) groups is 1. The highest BCUT2D eigenvalue weighted by Crippen LogP contribution is 2.48. The number of nitrogens with one attached hydrogen (secondary N) is 1. The number of hydrogen-bond acceptors (Lipinski definition) is 3. The number of anilines is 1. The highest BCUT2D eigenvalue weighted by Gasteiger charge is 2.52. The second-order valence-corrected chi connectivity index (χ2v) is 9.82. The van der Waals surface area contributed by atoms with Gasteiger partial charge in [-0.25, -0.2) is 12.7 Å². The Morgan fingerprint density at radius 1 is 1.20 bits per heavy atom. The molecule has 1 aromatic carbocycles. The Hall–Kier alpha value is -1.40. The van der Waals surface area contributed by atoms with Crippen LogP contribution in [0.1, 0.15) is 43.2 Å². The van der Waals surface area contributed by atoms with Crippen LogP contribution in [0.5, 0.6) is 0 Å². The molecule has 5 nitrogen and oxygen atoms in total. The molecule has 0 bridgehead atoms. The summed E-state index contributed by atoms with van der Waals surface area (Å²) in [6.45, 7) is 4.79. The quantitative estimate of drug-likeness (QED) is 0.896. The van der Waals surface area contributed by atoms with Gasteiger partial charge in [-0.2, -0.15) is 0 Å². The summed E-state index contributed by atoms with van der Waals surface area (Å²) in [5.74, 6) is -0.316. The molecule has 1 unspecified atom stereocenters. The van der Waals surface area contributed by atoms with E-state index in [0.717, 1.165) is 42.5 Å². The maximum Gasteiger partial charge on any atom is 0.229 e. The fourth-order valence-electron chi connectivity index (χ4n) is 4.47. The molecule has 2 aliphatic rings. The smallest absolute Gasteiger partial charge is 0.229 e. The van der Waals surface area contributed by atoms with Crippen molar-refractivity contribution in [3.8, 4) is 0 Å². The van der Waals surface area contributed by atoms with Crippen molar-refractivity contribution in [3.63, 3.8) is 0 Å². The molecule has 138 valence electrons. The monoisotopic (exact) mass is 364 g/mol. The van der Waals surface area contributed by atoms with Crippen LogP contribution < -0.4 is 5.32 Å². The highest BCUT2D eigenvalue weighted by molar-refractivity contribution is 7.88. The molecule has 1 saturated heterocycles.